The second kappa shape index (κ2) is 4.59. The molecule has 1 aliphatic rings. The SMILES string of the molecule is c1cc(NC2CCOC2)cc(-c2ccn[nH]2)c1. The summed E-state index contributed by atoms with van der Waals surface area (Å²) in [7, 11) is 0. The first-order valence-corrected chi connectivity index (χ1v) is 5.86. The number of benzene rings is 1. The molecule has 88 valence electrons. The molecule has 1 aliphatic heterocycles. The van der Waals surface area contributed by atoms with E-state index in [9.17, 15) is 0 Å². The fraction of sp³-hybridized carbons (Fsp3) is 0.308. The van der Waals surface area contributed by atoms with E-state index >= 15 is 0 Å². The van der Waals surface area contributed by atoms with Gasteiger partial charge in [0.05, 0.1) is 18.3 Å². The van der Waals surface area contributed by atoms with E-state index in [0.717, 1.165) is 36.6 Å². The smallest absolute Gasteiger partial charge is 0.0668 e. The number of ether oxygens (including phenoxy) is 1. The lowest BCUT2D eigenvalue weighted by molar-refractivity contribution is 0.195. The molecule has 2 heterocycles. The Bertz CT molecular complexity index is 475. The Hall–Kier alpha value is -1.81. The standard InChI is InChI=1S/C13H15N3O/c1-2-10(13-4-6-14-16-13)8-11(3-1)15-12-5-7-17-9-12/h1-4,6,8,12,15H,5,7,9H2,(H,14,16). The second-order valence-electron chi connectivity index (χ2n) is 4.26. The number of rotatable bonds is 3. The molecule has 3 rings (SSSR count). The summed E-state index contributed by atoms with van der Waals surface area (Å²) in [5, 5.41) is 10.4. The van der Waals surface area contributed by atoms with E-state index in [4.69, 9.17) is 4.74 Å². The lowest BCUT2D eigenvalue weighted by Gasteiger charge is -2.12. The van der Waals surface area contributed by atoms with Gasteiger partial charge in [0.1, 0.15) is 0 Å². The molecule has 1 atom stereocenters. The van der Waals surface area contributed by atoms with E-state index in [2.05, 4.69) is 33.7 Å². The van der Waals surface area contributed by atoms with Crippen LogP contribution in [-0.4, -0.2) is 29.5 Å². The first-order chi connectivity index (χ1) is 8.42. The van der Waals surface area contributed by atoms with Crippen molar-refractivity contribution < 1.29 is 4.74 Å². The number of hydrogen-bond acceptors (Lipinski definition) is 3. The third kappa shape index (κ3) is 2.31. The molecule has 0 bridgehead atoms. The molecule has 1 aromatic carbocycles. The fourth-order valence-electron chi connectivity index (χ4n) is 2.08. The van der Waals surface area contributed by atoms with Gasteiger partial charge in [-0.05, 0) is 24.6 Å². The monoisotopic (exact) mass is 229 g/mol. The van der Waals surface area contributed by atoms with Crippen molar-refractivity contribution in [2.75, 3.05) is 18.5 Å². The van der Waals surface area contributed by atoms with E-state index in [1.807, 2.05) is 12.1 Å². The third-order valence-electron chi connectivity index (χ3n) is 2.97. The van der Waals surface area contributed by atoms with Crippen LogP contribution in [0.2, 0.25) is 0 Å². The Morgan fingerprint density at radius 2 is 2.35 bits per heavy atom. The molecule has 2 aromatic rings. The summed E-state index contributed by atoms with van der Waals surface area (Å²) in [6.07, 6.45) is 2.84. The summed E-state index contributed by atoms with van der Waals surface area (Å²) in [6, 6.07) is 10.7. The molecule has 2 N–H and O–H groups in total. The van der Waals surface area contributed by atoms with Gasteiger partial charge in [-0.15, -0.1) is 0 Å². The average molecular weight is 229 g/mol. The maximum absolute atomic E-state index is 5.35. The van der Waals surface area contributed by atoms with Crippen LogP contribution in [0.4, 0.5) is 5.69 Å². The van der Waals surface area contributed by atoms with Gasteiger partial charge in [-0.2, -0.15) is 5.10 Å². The summed E-state index contributed by atoms with van der Waals surface area (Å²) in [4.78, 5) is 0. The normalized spacial score (nSPS) is 19.4. The van der Waals surface area contributed by atoms with Gasteiger partial charge in [0.2, 0.25) is 0 Å². The van der Waals surface area contributed by atoms with E-state index in [0.29, 0.717) is 6.04 Å². The third-order valence-corrected chi connectivity index (χ3v) is 2.97. The number of H-pyrrole nitrogens is 1. The van der Waals surface area contributed by atoms with E-state index in [1.165, 1.54) is 0 Å². The number of nitrogens with one attached hydrogen (secondary N) is 2. The Kier molecular flexibility index (Phi) is 2.80. The minimum absolute atomic E-state index is 0.437. The lowest BCUT2D eigenvalue weighted by atomic mass is 10.1. The van der Waals surface area contributed by atoms with Crippen molar-refractivity contribution in [3.63, 3.8) is 0 Å². The highest BCUT2D eigenvalue weighted by Crippen LogP contribution is 2.21. The molecule has 4 heteroatoms. The van der Waals surface area contributed by atoms with Crippen LogP contribution in [0.25, 0.3) is 11.3 Å². The zero-order valence-electron chi connectivity index (χ0n) is 9.52. The number of aromatic amines is 1. The van der Waals surface area contributed by atoms with Crippen molar-refractivity contribution in [2.24, 2.45) is 0 Å². The first-order valence-electron chi connectivity index (χ1n) is 5.86. The van der Waals surface area contributed by atoms with Gasteiger partial charge >= 0.3 is 0 Å². The molecule has 0 amide bonds. The minimum atomic E-state index is 0.437. The van der Waals surface area contributed by atoms with Gasteiger partial charge in [0.15, 0.2) is 0 Å². The van der Waals surface area contributed by atoms with Gasteiger partial charge in [-0.25, -0.2) is 0 Å². The van der Waals surface area contributed by atoms with Crippen LogP contribution in [0.5, 0.6) is 0 Å². The summed E-state index contributed by atoms with van der Waals surface area (Å²) in [5.41, 5.74) is 3.32. The summed E-state index contributed by atoms with van der Waals surface area (Å²) in [6.45, 7) is 1.66. The van der Waals surface area contributed by atoms with Gasteiger partial charge < -0.3 is 10.1 Å². The Morgan fingerprint density at radius 1 is 1.35 bits per heavy atom. The number of nitrogens with zero attached hydrogens (tertiary/aromatic N) is 1. The lowest BCUT2D eigenvalue weighted by Crippen LogP contribution is -2.18. The number of anilines is 1. The molecule has 4 nitrogen and oxygen atoms in total. The Balaban J connectivity index is 1.79. The van der Waals surface area contributed by atoms with E-state index < -0.39 is 0 Å². The van der Waals surface area contributed by atoms with Crippen LogP contribution in [0, 0.1) is 0 Å². The highest BCUT2D eigenvalue weighted by molar-refractivity contribution is 5.64. The molecular weight excluding hydrogens is 214 g/mol. The minimum Gasteiger partial charge on any atom is -0.380 e. The van der Waals surface area contributed by atoms with Crippen LogP contribution in [0.3, 0.4) is 0 Å². The molecule has 17 heavy (non-hydrogen) atoms. The highest BCUT2D eigenvalue weighted by atomic mass is 16.5. The zero-order valence-corrected chi connectivity index (χ0v) is 9.52. The maximum atomic E-state index is 5.35. The second-order valence-corrected chi connectivity index (χ2v) is 4.26. The van der Waals surface area contributed by atoms with Gasteiger partial charge in [0, 0.05) is 24.1 Å². The van der Waals surface area contributed by atoms with Gasteiger partial charge in [-0.3, -0.25) is 5.10 Å². The van der Waals surface area contributed by atoms with Crippen LogP contribution < -0.4 is 5.32 Å². The largest absolute Gasteiger partial charge is 0.380 e. The molecule has 0 spiro atoms. The van der Waals surface area contributed by atoms with Gasteiger partial charge in [-0.1, -0.05) is 12.1 Å². The van der Waals surface area contributed by atoms with Crippen molar-refractivity contribution in [3.8, 4) is 11.3 Å². The van der Waals surface area contributed by atoms with Gasteiger partial charge in [0.25, 0.3) is 0 Å². The van der Waals surface area contributed by atoms with Crippen molar-refractivity contribution in [2.45, 2.75) is 12.5 Å². The molecular formula is C13H15N3O. The molecule has 0 saturated carbocycles. The topological polar surface area (TPSA) is 49.9 Å². The number of hydrogen-bond donors (Lipinski definition) is 2. The summed E-state index contributed by atoms with van der Waals surface area (Å²) in [5.74, 6) is 0. The van der Waals surface area contributed by atoms with Crippen LogP contribution >= 0.6 is 0 Å². The molecule has 0 radical (unpaired) electrons. The van der Waals surface area contributed by atoms with Crippen molar-refractivity contribution in [1.82, 2.24) is 10.2 Å². The molecule has 1 unspecified atom stereocenters. The highest BCUT2D eigenvalue weighted by Gasteiger charge is 2.15. The predicted octanol–water partition coefficient (Wildman–Crippen LogP) is 2.28. The molecule has 0 aliphatic carbocycles. The Labute approximate surface area is 100 Å². The molecule has 1 saturated heterocycles. The van der Waals surface area contributed by atoms with Crippen molar-refractivity contribution in [3.05, 3.63) is 36.5 Å². The fourth-order valence-corrected chi connectivity index (χ4v) is 2.08. The van der Waals surface area contributed by atoms with Crippen LogP contribution in [0.1, 0.15) is 6.42 Å². The average Bonchev–Trinajstić information content (AvgIpc) is 3.01. The first kappa shape index (κ1) is 10.4. The van der Waals surface area contributed by atoms with E-state index in [1.54, 1.807) is 6.20 Å². The molecule has 1 aromatic heterocycles. The van der Waals surface area contributed by atoms with E-state index in [-0.39, 0.29) is 0 Å². The number of aromatic nitrogens is 2. The van der Waals surface area contributed by atoms with Crippen molar-refractivity contribution in [1.29, 1.82) is 0 Å². The van der Waals surface area contributed by atoms with Crippen LogP contribution in [0.15, 0.2) is 36.5 Å². The quantitative estimate of drug-likeness (QED) is 0.849. The maximum Gasteiger partial charge on any atom is 0.0668 e. The zero-order chi connectivity index (χ0) is 11.5. The molecule has 1 fully saturated rings. The van der Waals surface area contributed by atoms with Crippen LogP contribution in [-0.2, 0) is 4.74 Å². The predicted molar refractivity (Wildman–Crippen MR) is 66.9 cm³/mol. The summed E-state index contributed by atoms with van der Waals surface area (Å²) < 4.78 is 5.35. The summed E-state index contributed by atoms with van der Waals surface area (Å²) >= 11 is 0. The Morgan fingerprint density at radius 3 is 3.12 bits per heavy atom. The van der Waals surface area contributed by atoms with Crippen molar-refractivity contribution >= 4 is 5.69 Å².